The molecule has 0 radical (unpaired) electrons. The van der Waals surface area contributed by atoms with Gasteiger partial charge in [-0.05, 0) is 51.0 Å². The van der Waals surface area contributed by atoms with Crippen molar-refractivity contribution in [1.29, 1.82) is 0 Å². The Morgan fingerprint density at radius 2 is 2.08 bits per heavy atom. The fraction of sp³-hybridized carbons (Fsp3) is 0.389. The van der Waals surface area contributed by atoms with Gasteiger partial charge in [0.1, 0.15) is 5.60 Å². The van der Waals surface area contributed by atoms with Crippen LogP contribution in [0.4, 0.5) is 4.79 Å². The molecule has 0 saturated heterocycles. The molecule has 6 heteroatoms. The maximum atomic E-state index is 12.3. The Morgan fingerprint density at radius 3 is 2.83 bits per heavy atom. The zero-order valence-corrected chi connectivity index (χ0v) is 15.6. The van der Waals surface area contributed by atoms with Crippen LogP contribution in [0.1, 0.15) is 32.9 Å². The van der Waals surface area contributed by atoms with Gasteiger partial charge in [0.05, 0.1) is 29.5 Å². The second kappa shape index (κ2) is 6.51. The minimum Gasteiger partial charge on any atom is -0.444 e. The van der Waals surface area contributed by atoms with Gasteiger partial charge in [-0.15, -0.1) is 0 Å². The maximum absolute atomic E-state index is 12.3. The van der Waals surface area contributed by atoms with E-state index >= 15 is 0 Å². The standard InChI is InChI=1S/C18H20BrN3O2/c1-18(2,3)24-17(23)22-8-4-5-12(11-22)16-10-20-14-7-6-13(19)9-15(14)21-16/h5-7,9-10H,4,8,11H2,1-3H3. The van der Waals surface area contributed by atoms with Crippen molar-refractivity contribution < 1.29 is 9.53 Å². The fourth-order valence-electron chi connectivity index (χ4n) is 2.55. The number of hydrogen-bond acceptors (Lipinski definition) is 4. The summed E-state index contributed by atoms with van der Waals surface area (Å²) >= 11 is 3.46. The summed E-state index contributed by atoms with van der Waals surface area (Å²) in [4.78, 5) is 23.2. The van der Waals surface area contributed by atoms with E-state index in [1.807, 2.05) is 39.0 Å². The molecule has 0 spiro atoms. The van der Waals surface area contributed by atoms with Crippen LogP contribution in [0.25, 0.3) is 16.6 Å². The van der Waals surface area contributed by atoms with Gasteiger partial charge < -0.3 is 9.64 Å². The third-order valence-corrected chi connectivity index (χ3v) is 4.13. The molecule has 1 aliphatic heterocycles. The molecule has 126 valence electrons. The first-order chi connectivity index (χ1) is 11.3. The minimum atomic E-state index is -0.493. The van der Waals surface area contributed by atoms with Crippen molar-refractivity contribution in [2.75, 3.05) is 13.1 Å². The Kier molecular flexibility index (Phi) is 4.58. The fourth-order valence-corrected chi connectivity index (χ4v) is 2.90. The summed E-state index contributed by atoms with van der Waals surface area (Å²) in [6.07, 6.45) is 4.38. The number of rotatable bonds is 1. The molecular formula is C18H20BrN3O2. The Labute approximate surface area is 149 Å². The molecule has 24 heavy (non-hydrogen) atoms. The molecule has 0 saturated carbocycles. The number of ether oxygens (including phenoxy) is 1. The highest BCUT2D eigenvalue weighted by Gasteiger charge is 2.25. The smallest absolute Gasteiger partial charge is 0.410 e. The Balaban J connectivity index is 1.82. The lowest BCUT2D eigenvalue weighted by Gasteiger charge is -2.30. The van der Waals surface area contributed by atoms with Crippen molar-refractivity contribution in [2.24, 2.45) is 0 Å². The summed E-state index contributed by atoms with van der Waals surface area (Å²) in [6, 6.07) is 5.82. The summed E-state index contributed by atoms with van der Waals surface area (Å²) in [7, 11) is 0. The predicted molar refractivity (Wildman–Crippen MR) is 97.6 cm³/mol. The summed E-state index contributed by atoms with van der Waals surface area (Å²) in [6.45, 7) is 6.77. The molecule has 3 rings (SSSR count). The predicted octanol–water partition coefficient (Wildman–Crippen LogP) is 4.42. The van der Waals surface area contributed by atoms with Crippen molar-refractivity contribution in [3.63, 3.8) is 0 Å². The number of aromatic nitrogens is 2. The van der Waals surface area contributed by atoms with Crippen LogP contribution in [0.2, 0.25) is 0 Å². The Morgan fingerprint density at radius 1 is 1.29 bits per heavy atom. The SMILES string of the molecule is CC(C)(C)OC(=O)N1CCC=C(c2cnc3ccc(Br)cc3n2)C1. The number of amides is 1. The second-order valence-corrected chi connectivity index (χ2v) is 7.72. The molecule has 2 heterocycles. The molecule has 2 aromatic rings. The number of carbonyl (C=O) groups excluding carboxylic acids is 1. The van der Waals surface area contributed by atoms with Crippen molar-refractivity contribution in [3.05, 3.63) is 40.6 Å². The molecular weight excluding hydrogens is 370 g/mol. The first kappa shape index (κ1) is 16.9. The third-order valence-electron chi connectivity index (χ3n) is 3.64. The summed E-state index contributed by atoms with van der Waals surface area (Å²) in [5.74, 6) is 0. The Bertz CT molecular complexity index is 812. The van der Waals surface area contributed by atoms with E-state index in [2.05, 4.69) is 32.0 Å². The van der Waals surface area contributed by atoms with Crippen molar-refractivity contribution in [3.8, 4) is 0 Å². The molecule has 0 fully saturated rings. The molecule has 1 aromatic carbocycles. The topological polar surface area (TPSA) is 55.3 Å². The molecule has 0 bridgehead atoms. The van der Waals surface area contributed by atoms with Gasteiger partial charge in [-0.3, -0.25) is 4.98 Å². The number of fused-ring (bicyclic) bond motifs is 1. The normalized spacial score (nSPS) is 15.3. The number of benzene rings is 1. The molecule has 0 N–H and O–H groups in total. The van der Waals surface area contributed by atoms with Gasteiger partial charge in [0.2, 0.25) is 0 Å². The van der Waals surface area contributed by atoms with Gasteiger partial charge in [0, 0.05) is 11.0 Å². The first-order valence-electron chi connectivity index (χ1n) is 7.91. The van der Waals surface area contributed by atoms with Crippen LogP contribution in [-0.4, -0.2) is 39.7 Å². The average molecular weight is 390 g/mol. The van der Waals surface area contributed by atoms with Crippen LogP contribution in [0.5, 0.6) is 0 Å². The van der Waals surface area contributed by atoms with E-state index in [1.165, 1.54) is 0 Å². The lowest BCUT2D eigenvalue weighted by atomic mass is 10.1. The van der Waals surface area contributed by atoms with E-state index in [0.717, 1.165) is 33.2 Å². The molecule has 1 amide bonds. The molecule has 1 aliphatic rings. The van der Waals surface area contributed by atoms with Crippen LogP contribution in [-0.2, 0) is 4.74 Å². The van der Waals surface area contributed by atoms with E-state index in [9.17, 15) is 4.79 Å². The van der Waals surface area contributed by atoms with E-state index in [0.29, 0.717) is 13.1 Å². The number of nitrogens with zero attached hydrogens (tertiary/aromatic N) is 3. The first-order valence-corrected chi connectivity index (χ1v) is 8.71. The maximum Gasteiger partial charge on any atom is 0.410 e. The molecule has 0 aliphatic carbocycles. The summed E-state index contributed by atoms with van der Waals surface area (Å²) in [5, 5.41) is 0. The van der Waals surface area contributed by atoms with Crippen molar-refractivity contribution in [1.82, 2.24) is 14.9 Å². The molecule has 1 aromatic heterocycles. The van der Waals surface area contributed by atoms with Crippen LogP contribution in [0.3, 0.4) is 0 Å². The number of hydrogen-bond donors (Lipinski definition) is 0. The van der Waals surface area contributed by atoms with Gasteiger partial charge in [0.15, 0.2) is 0 Å². The highest BCUT2D eigenvalue weighted by molar-refractivity contribution is 9.10. The Hall–Kier alpha value is -1.95. The lowest BCUT2D eigenvalue weighted by molar-refractivity contribution is 0.0273. The zero-order chi connectivity index (χ0) is 17.3. The van der Waals surface area contributed by atoms with Gasteiger partial charge in [-0.25, -0.2) is 9.78 Å². The van der Waals surface area contributed by atoms with Gasteiger partial charge >= 0.3 is 6.09 Å². The molecule has 0 unspecified atom stereocenters. The third kappa shape index (κ3) is 3.93. The van der Waals surface area contributed by atoms with Crippen molar-refractivity contribution >= 4 is 38.6 Å². The monoisotopic (exact) mass is 389 g/mol. The largest absolute Gasteiger partial charge is 0.444 e. The summed E-state index contributed by atoms with van der Waals surface area (Å²) < 4.78 is 6.43. The second-order valence-electron chi connectivity index (χ2n) is 6.81. The van der Waals surface area contributed by atoms with E-state index < -0.39 is 5.60 Å². The number of carbonyl (C=O) groups is 1. The van der Waals surface area contributed by atoms with Crippen LogP contribution in [0.15, 0.2) is 34.9 Å². The minimum absolute atomic E-state index is 0.287. The van der Waals surface area contributed by atoms with Gasteiger partial charge in [0.25, 0.3) is 0 Å². The highest BCUT2D eigenvalue weighted by atomic mass is 79.9. The zero-order valence-electron chi connectivity index (χ0n) is 14.0. The van der Waals surface area contributed by atoms with E-state index in [-0.39, 0.29) is 6.09 Å². The van der Waals surface area contributed by atoms with Crippen molar-refractivity contribution in [2.45, 2.75) is 32.8 Å². The molecule has 5 nitrogen and oxygen atoms in total. The lowest BCUT2D eigenvalue weighted by Crippen LogP contribution is -2.39. The quantitative estimate of drug-likeness (QED) is 0.724. The summed E-state index contributed by atoms with van der Waals surface area (Å²) in [5.41, 5.74) is 2.99. The molecule has 0 atom stereocenters. The highest BCUT2D eigenvalue weighted by Crippen LogP contribution is 2.23. The van der Waals surface area contributed by atoms with E-state index in [4.69, 9.17) is 4.74 Å². The van der Waals surface area contributed by atoms with Gasteiger partial charge in [-0.1, -0.05) is 22.0 Å². The van der Waals surface area contributed by atoms with Crippen LogP contribution < -0.4 is 0 Å². The van der Waals surface area contributed by atoms with Crippen LogP contribution >= 0.6 is 15.9 Å². The average Bonchev–Trinajstić information content (AvgIpc) is 2.52. The van der Waals surface area contributed by atoms with Gasteiger partial charge in [-0.2, -0.15) is 0 Å². The van der Waals surface area contributed by atoms with E-state index in [1.54, 1.807) is 11.1 Å². The van der Waals surface area contributed by atoms with Crippen LogP contribution in [0, 0.1) is 0 Å². The number of halogens is 1.